The predicted octanol–water partition coefficient (Wildman–Crippen LogP) is 1.72. The maximum atomic E-state index is 12.2. The summed E-state index contributed by atoms with van der Waals surface area (Å²) in [6.45, 7) is 4.05. The molecular weight excluding hydrogens is 254 g/mol. The number of fused-ring (bicyclic) bond motifs is 1. The molecule has 1 N–H and O–H groups in total. The van der Waals surface area contributed by atoms with E-state index >= 15 is 0 Å². The summed E-state index contributed by atoms with van der Waals surface area (Å²) in [4.78, 5) is 25.7. The second kappa shape index (κ2) is 5.86. The summed E-state index contributed by atoms with van der Waals surface area (Å²) in [5.74, 6) is 0.00375. The lowest BCUT2D eigenvalue weighted by molar-refractivity contribution is -0.131. The van der Waals surface area contributed by atoms with Crippen LogP contribution in [-0.4, -0.2) is 34.1 Å². The van der Waals surface area contributed by atoms with Gasteiger partial charge in [-0.15, -0.1) is 0 Å². The summed E-state index contributed by atoms with van der Waals surface area (Å²) >= 11 is 0. The van der Waals surface area contributed by atoms with E-state index in [1.807, 2.05) is 26.0 Å². The van der Waals surface area contributed by atoms with Crippen LogP contribution in [0, 0.1) is 0 Å². The zero-order chi connectivity index (χ0) is 14.7. The average Bonchev–Trinajstić information content (AvgIpc) is 2.48. The monoisotopic (exact) mass is 273 g/mol. The number of aromatic nitrogens is 2. The normalized spacial score (nSPS) is 12.3. The molecule has 0 saturated carbocycles. The molecule has 2 rings (SSSR count). The molecule has 1 atom stereocenters. The minimum Gasteiger partial charge on any atom is -0.343 e. The van der Waals surface area contributed by atoms with E-state index in [0.29, 0.717) is 11.1 Å². The van der Waals surface area contributed by atoms with Gasteiger partial charge >= 0.3 is 0 Å². The average molecular weight is 273 g/mol. The standard InChI is InChI=1S/C15H19N3O2/c1-4-10(2)18(3)14(19)9-13-11-7-5-6-8-12(11)15(20)17-16-13/h5-8,10H,4,9H2,1-3H3,(H,17,20)/t10-/m1/s1. The Bertz CT molecular complexity index is 678. The van der Waals surface area contributed by atoms with Crippen molar-refractivity contribution < 1.29 is 4.79 Å². The smallest absolute Gasteiger partial charge is 0.272 e. The van der Waals surface area contributed by atoms with E-state index in [1.165, 1.54) is 0 Å². The van der Waals surface area contributed by atoms with E-state index in [-0.39, 0.29) is 23.9 Å². The van der Waals surface area contributed by atoms with Crippen molar-refractivity contribution >= 4 is 16.7 Å². The molecule has 1 amide bonds. The Kier molecular flexibility index (Phi) is 4.17. The molecule has 0 saturated heterocycles. The van der Waals surface area contributed by atoms with E-state index in [4.69, 9.17) is 0 Å². The van der Waals surface area contributed by atoms with Gasteiger partial charge in [0.1, 0.15) is 0 Å². The molecule has 20 heavy (non-hydrogen) atoms. The topological polar surface area (TPSA) is 66.1 Å². The molecule has 1 aromatic carbocycles. The first-order valence-corrected chi connectivity index (χ1v) is 6.76. The Morgan fingerprint density at radius 2 is 2.00 bits per heavy atom. The third kappa shape index (κ3) is 2.71. The fourth-order valence-electron chi connectivity index (χ4n) is 2.09. The van der Waals surface area contributed by atoms with Crippen molar-refractivity contribution in [2.24, 2.45) is 0 Å². The van der Waals surface area contributed by atoms with Crippen molar-refractivity contribution in [1.29, 1.82) is 0 Å². The minimum absolute atomic E-state index is 0.00375. The van der Waals surface area contributed by atoms with Crippen LogP contribution in [0.4, 0.5) is 0 Å². The highest BCUT2D eigenvalue weighted by molar-refractivity contribution is 5.88. The quantitative estimate of drug-likeness (QED) is 0.922. The van der Waals surface area contributed by atoms with Crippen LogP contribution in [0.15, 0.2) is 29.1 Å². The van der Waals surface area contributed by atoms with Crippen molar-refractivity contribution in [2.75, 3.05) is 7.05 Å². The van der Waals surface area contributed by atoms with E-state index in [2.05, 4.69) is 10.2 Å². The number of aromatic amines is 1. The molecule has 1 heterocycles. The van der Waals surface area contributed by atoms with E-state index in [9.17, 15) is 9.59 Å². The molecule has 106 valence electrons. The second-order valence-electron chi connectivity index (χ2n) is 4.98. The van der Waals surface area contributed by atoms with Gasteiger partial charge in [-0.2, -0.15) is 5.10 Å². The van der Waals surface area contributed by atoms with Crippen molar-refractivity contribution in [3.63, 3.8) is 0 Å². The Balaban J connectivity index is 2.33. The number of amides is 1. The van der Waals surface area contributed by atoms with Gasteiger partial charge in [0.2, 0.25) is 5.91 Å². The lowest BCUT2D eigenvalue weighted by Crippen LogP contribution is -2.36. The molecule has 0 unspecified atom stereocenters. The fourth-order valence-corrected chi connectivity index (χ4v) is 2.09. The summed E-state index contributed by atoms with van der Waals surface area (Å²) in [6, 6.07) is 7.40. The largest absolute Gasteiger partial charge is 0.343 e. The lowest BCUT2D eigenvalue weighted by Gasteiger charge is -2.23. The van der Waals surface area contributed by atoms with Crippen LogP contribution in [0.25, 0.3) is 10.8 Å². The predicted molar refractivity (Wildman–Crippen MR) is 78.6 cm³/mol. The number of H-pyrrole nitrogens is 1. The first kappa shape index (κ1) is 14.2. The maximum Gasteiger partial charge on any atom is 0.272 e. The van der Waals surface area contributed by atoms with Gasteiger partial charge in [-0.1, -0.05) is 25.1 Å². The number of nitrogens with zero attached hydrogens (tertiary/aromatic N) is 2. The van der Waals surface area contributed by atoms with E-state index in [1.54, 1.807) is 24.1 Å². The van der Waals surface area contributed by atoms with E-state index in [0.717, 1.165) is 11.8 Å². The van der Waals surface area contributed by atoms with Crippen LogP contribution >= 0.6 is 0 Å². The van der Waals surface area contributed by atoms with Crippen molar-refractivity contribution in [3.8, 4) is 0 Å². The van der Waals surface area contributed by atoms with Crippen LogP contribution in [0.2, 0.25) is 0 Å². The zero-order valence-corrected chi connectivity index (χ0v) is 12.0. The molecule has 0 spiro atoms. The Morgan fingerprint density at radius 3 is 2.65 bits per heavy atom. The SMILES string of the molecule is CC[C@@H](C)N(C)C(=O)Cc1n[nH]c(=O)c2ccccc12. The molecular formula is C15H19N3O2. The number of hydrogen-bond donors (Lipinski definition) is 1. The van der Waals surface area contributed by atoms with Crippen LogP contribution in [-0.2, 0) is 11.2 Å². The third-order valence-electron chi connectivity index (χ3n) is 3.74. The lowest BCUT2D eigenvalue weighted by atomic mass is 10.1. The van der Waals surface area contributed by atoms with Gasteiger partial charge in [0.05, 0.1) is 17.5 Å². The molecule has 5 heteroatoms. The summed E-state index contributed by atoms with van der Waals surface area (Å²) in [6.07, 6.45) is 1.10. The van der Waals surface area contributed by atoms with Gasteiger partial charge in [0.25, 0.3) is 5.56 Å². The van der Waals surface area contributed by atoms with Crippen molar-refractivity contribution in [3.05, 3.63) is 40.3 Å². The molecule has 1 aromatic heterocycles. The van der Waals surface area contributed by atoms with Crippen molar-refractivity contribution in [1.82, 2.24) is 15.1 Å². The van der Waals surface area contributed by atoms with Gasteiger partial charge < -0.3 is 4.90 Å². The summed E-state index contributed by atoms with van der Waals surface area (Å²) in [5, 5.41) is 7.79. The molecule has 0 radical (unpaired) electrons. The fraction of sp³-hybridized carbons (Fsp3) is 0.400. The van der Waals surface area contributed by atoms with Gasteiger partial charge in [0.15, 0.2) is 0 Å². The highest BCUT2D eigenvalue weighted by Crippen LogP contribution is 2.14. The number of rotatable bonds is 4. The number of hydrogen-bond acceptors (Lipinski definition) is 3. The van der Waals surface area contributed by atoms with Gasteiger partial charge in [-0.3, -0.25) is 9.59 Å². The summed E-state index contributed by atoms with van der Waals surface area (Å²) in [5.41, 5.74) is 0.382. The molecule has 0 aliphatic heterocycles. The van der Waals surface area contributed by atoms with Gasteiger partial charge in [-0.05, 0) is 19.4 Å². The first-order chi connectivity index (χ1) is 9.54. The van der Waals surface area contributed by atoms with Crippen LogP contribution in [0.3, 0.4) is 0 Å². The van der Waals surface area contributed by atoms with Gasteiger partial charge in [-0.25, -0.2) is 5.10 Å². The minimum atomic E-state index is -0.230. The molecule has 0 bridgehead atoms. The van der Waals surface area contributed by atoms with Crippen molar-refractivity contribution in [2.45, 2.75) is 32.7 Å². The highest BCUT2D eigenvalue weighted by atomic mass is 16.2. The van der Waals surface area contributed by atoms with E-state index < -0.39 is 0 Å². The van der Waals surface area contributed by atoms with Crippen LogP contribution in [0.1, 0.15) is 26.0 Å². The molecule has 0 aliphatic rings. The molecule has 2 aromatic rings. The Labute approximate surface area is 117 Å². The van der Waals surface area contributed by atoms with Crippen LogP contribution in [0.5, 0.6) is 0 Å². The highest BCUT2D eigenvalue weighted by Gasteiger charge is 2.17. The summed E-state index contributed by atoms with van der Waals surface area (Å²) < 4.78 is 0. The number of carbonyl (C=O) groups is 1. The second-order valence-corrected chi connectivity index (χ2v) is 4.98. The van der Waals surface area contributed by atoms with Crippen LogP contribution < -0.4 is 5.56 Å². The third-order valence-corrected chi connectivity index (χ3v) is 3.74. The number of benzene rings is 1. The first-order valence-electron chi connectivity index (χ1n) is 6.76. The van der Waals surface area contributed by atoms with Gasteiger partial charge in [0, 0.05) is 18.5 Å². The molecule has 0 aliphatic carbocycles. The molecule has 0 fully saturated rings. The number of nitrogens with one attached hydrogen (secondary N) is 1. The Morgan fingerprint density at radius 1 is 1.35 bits per heavy atom. The Hall–Kier alpha value is -2.17. The number of carbonyl (C=O) groups excluding carboxylic acids is 1. The number of likely N-dealkylation sites (N-methyl/N-ethyl adjacent to an activating group) is 1. The molecule has 5 nitrogen and oxygen atoms in total. The zero-order valence-electron chi connectivity index (χ0n) is 12.0. The summed E-state index contributed by atoms with van der Waals surface area (Å²) in [7, 11) is 1.80. The maximum absolute atomic E-state index is 12.2.